The van der Waals surface area contributed by atoms with E-state index in [-0.39, 0.29) is 18.2 Å². The summed E-state index contributed by atoms with van der Waals surface area (Å²) in [6.45, 7) is 7.82. The smallest absolute Gasteiger partial charge is 0.410 e. The number of benzene rings is 1. The minimum absolute atomic E-state index is 0.228. The van der Waals surface area contributed by atoms with Gasteiger partial charge in [-0.25, -0.2) is 4.79 Å². The van der Waals surface area contributed by atoms with Crippen LogP contribution < -0.4 is 10.1 Å². The molecule has 0 radical (unpaired) electrons. The van der Waals surface area contributed by atoms with Gasteiger partial charge < -0.3 is 14.8 Å². The molecule has 4 rings (SSSR count). The Bertz CT molecular complexity index is 735. The molecule has 2 bridgehead atoms. The third-order valence-corrected chi connectivity index (χ3v) is 7.37. The highest BCUT2D eigenvalue weighted by Crippen LogP contribution is 2.45. The molecule has 1 saturated heterocycles. The molecule has 0 unspecified atom stereocenters. The van der Waals surface area contributed by atoms with Gasteiger partial charge in [0.15, 0.2) is 0 Å². The van der Waals surface area contributed by atoms with Gasteiger partial charge in [-0.2, -0.15) is 0 Å². The molecule has 4 nitrogen and oxygen atoms in total. The van der Waals surface area contributed by atoms with Crippen molar-refractivity contribution in [3.63, 3.8) is 0 Å². The van der Waals surface area contributed by atoms with E-state index < -0.39 is 0 Å². The molecule has 2 aliphatic carbocycles. The molecule has 158 valence electrons. The number of hydrogen-bond donors (Lipinski definition) is 1. The zero-order valence-electron chi connectivity index (χ0n) is 18.0. The molecule has 5 atom stereocenters. The molecular weight excluding hydrogens is 362 g/mol. The average molecular weight is 398 g/mol. The lowest BCUT2D eigenvalue weighted by atomic mass is 9.65. The summed E-state index contributed by atoms with van der Waals surface area (Å²) in [6.07, 6.45) is 9.01. The van der Waals surface area contributed by atoms with Crippen LogP contribution in [0.15, 0.2) is 35.9 Å². The molecule has 1 aromatic carbocycles. The molecule has 1 N–H and O–H groups in total. The summed E-state index contributed by atoms with van der Waals surface area (Å²) < 4.78 is 11.8. The second-order valence-electron chi connectivity index (χ2n) is 9.41. The van der Waals surface area contributed by atoms with E-state index in [0.717, 1.165) is 25.9 Å². The van der Waals surface area contributed by atoms with Gasteiger partial charge in [0.25, 0.3) is 0 Å². The van der Waals surface area contributed by atoms with Crippen LogP contribution in [0.1, 0.15) is 58.4 Å². The number of hydrogen-bond acceptors (Lipinski definition) is 3. The lowest BCUT2D eigenvalue weighted by Gasteiger charge is -2.47. The standard InChI is InChI=1S/C25H35NO3/c1-16-13-17(2)24-18(3)22(16)15-28-23(24)14-19-9-11-21(12-10-19)29-25(27)26-20-7-5-4-6-8-20/h9-13,16,18,20,22-24H,4-8,14-15H2,1-3H3,(H,26,27)/t16-,18-,22+,23+,24-/m1/s1. The molecule has 0 spiro atoms. The first-order chi connectivity index (χ1) is 14.0. The summed E-state index contributed by atoms with van der Waals surface area (Å²) in [5.74, 6) is 3.02. The summed E-state index contributed by atoms with van der Waals surface area (Å²) >= 11 is 0. The fraction of sp³-hybridized carbons (Fsp3) is 0.640. The topological polar surface area (TPSA) is 47.6 Å². The molecule has 1 amide bonds. The van der Waals surface area contributed by atoms with E-state index in [1.807, 2.05) is 12.1 Å². The monoisotopic (exact) mass is 397 g/mol. The lowest BCUT2D eigenvalue weighted by Crippen LogP contribution is -2.47. The molecule has 3 aliphatic rings. The largest absolute Gasteiger partial charge is 0.412 e. The van der Waals surface area contributed by atoms with Crippen LogP contribution in [0.25, 0.3) is 0 Å². The average Bonchev–Trinajstić information content (AvgIpc) is 2.69. The molecular formula is C25H35NO3. The van der Waals surface area contributed by atoms with E-state index in [1.54, 1.807) is 0 Å². The molecule has 1 aliphatic heterocycles. The Balaban J connectivity index is 1.33. The molecule has 29 heavy (non-hydrogen) atoms. The van der Waals surface area contributed by atoms with Crippen molar-refractivity contribution in [2.75, 3.05) is 6.61 Å². The van der Waals surface area contributed by atoms with Crippen molar-refractivity contribution in [2.45, 2.75) is 71.4 Å². The Morgan fingerprint density at radius 1 is 1.14 bits per heavy atom. The third kappa shape index (κ3) is 4.69. The second-order valence-corrected chi connectivity index (χ2v) is 9.41. The Kier molecular flexibility index (Phi) is 6.29. The first-order valence-corrected chi connectivity index (χ1v) is 11.4. The zero-order chi connectivity index (χ0) is 20.4. The van der Waals surface area contributed by atoms with Crippen molar-refractivity contribution in [3.8, 4) is 5.75 Å². The molecule has 0 aromatic heterocycles. The summed E-state index contributed by atoms with van der Waals surface area (Å²) in [7, 11) is 0. The van der Waals surface area contributed by atoms with Crippen molar-refractivity contribution in [3.05, 3.63) is 41.5 Å². The maximum absolute atomic E-state index is 12.1. The Morgan fingerprint density at radius 2 is 1.86 bits per heavy atom. The van der Waals surface area contributed by atoms with Crippen LogP contribution in [0.5, 0.6) is 5.75 Å². The summed E-state index contributed by atoms with van der Waals surface area (Å²) in [4.78, 5) is 12.1. The lowest BCUT2D eigenvalue weighted by molar-refractivity contribution is -0.0901. The minimum Gasteiger partial charge on any atom is -0.410 e. The number of ether oxygens (including phenoxy) is 2. The van der Waals surface area contributed by atoms with E-state index in [1.165, 1.54) is 30.4 Å². The van der Waals surface area contributed by atoms with Crippen LogP contribution in [0.2, 0.25) is 0 Å². The maximum Gasteiger partial charge on any atom is 0.412 e. The van der Waals surface area contributed by atoms with Crippen molar-refractivity contribution in [2.24, 2.45) is 23.7 Å². The third-order valence-electron chi connectivity index (χ3n) is 7.37. The summed E-state index contributed by atoms with van der Waals surface area (Å²) in [6, 6.07) is 8.19. The van der Waals surface area contributed by atoms with Gasteiger partial charge in [-0.05, 0) is 61.6 Å². The van der Waals surface area contributed by atoms with Crippen LogP contribution in [0.4, 0.5) is 4.79 Å². The highest BCUT2D eigenvalue weighted by Gasteiger charge is 2.43. The van der Waals surface area contributed by atoms with E-state index in [4.69, 9.17) is 9.47 Å². The van der Waals surface area contributed by atoms with E-state index in [2.05, 4.69) is 44.3 Å². The van der Waals surface area contributed by atoms with Gasteiger partial charge in [0.2, 0.25) is 0 Å². The summed E-state index contributed by atoms with van der Waals surface area (Å²) in [5.41, 5.74) is 2.71. The van der Waals surface area contributed by atoms with Crippen molar-refractivity contribution >= 4 is 6.09 Å². The normalized spacial score (nSPS) is 32.4. The predicted octanol–water partition coefficient (Wildman–Crippen LogP) is 5.51. The minimum atomic E-state index is -0.336. The number of rotatable bonds is 4. The fourth-order valence-electron chi connectivity index (χ4n) is 5.74. The van der Waals surface area contributed by atoms with E-state index in [0.29, 0.717) is 29.4 Å². The SMILES string of the molecule is CC1=C[C@@H](C)[C@@H]2CO[C@@H](Cc3ccc(OC(=O)NC4CCCCC4)cc3)[C@H]1[C@@H]2C. The van der Waals surface area contributed by atoms with Gasteiger partial charge >= 0.3 is 6.09 Å². The van der Waals surface area contributed by atoms with Crippen molar-refractivity contribution in [1.82, 2.24) is 5.32 Å². The van der Waals surface area contributed by atoms with Crippen LogP contribution in [0.3, 0.4) is 0 Å². The van der Waals surface area contributed by atoms with Crippen LogP contribution in [0, 0.1) is 23.7 Å². The number of carbonyl (C=O) groups is 1. The number of allylic oxidation sites excluding steroid dienone is 1. The van der Waals surface area contributed by atoms with Gasteiger partial charge in [-0.15, -0.1) is 0 Å². The number of fused-ring (bicyclic) bond motifs is 2. The van der Waals surface area contributed by atoms with E-state index in [9.17, 15) is 4.79 Å². The first kappa shape index (κ1) is 20.5. The molecule has 1 aromatic rings. The first-order valence-electron chi connectivity index (χ1n) is 11.4. The van der Waals surface area contributed by atoms with Gasteiger partial charge in [-0.1, -0.05) is 56.9 Å². The Hall–Kier alpha value is -1.81. The second kappa shape index (κ2) is 8.91. The number of carbonyl (C=O) groups excluding carboxylic acids is 1. The quantitative estimate of drug-likeness (QED) is 0.681. The van der Waals surface area contributed by atoms with E-state index >= 15 is 0 Å². The zero-order valence-corrected chi connectivity index (χ0v) is 18.0. The van der Waals surface area contributed by atoms with Crippen LogP contribution in [-0.2, 0) is 11.2 Å². The highest BCUT2D eigenvalue weighted by molar-refractivity contribution is 5.70. The van der Waals surface area contributed by atoms with Gasteiger partial charge in [0.1, 0.15) is 5.75 Å². The summed E-state index contributed by atoms with van der Waals surface area (Å²) in [5, 5.41) is 3.00. The highest BCUT2D eigenvalue weighted by atomic mass is 16.6. The molecule has 1 heterocycles. The Morgan fingerprint density at radius 3 is 2.59 bits per heavy atom. The van der Waals surface area contributed by atoms with Gasteiger partial charge in [0, 0.05) is 12.0 Å². The predicted molar refractivity (Wildman–Crippen MR) is 115 cm³/mol. The van der Waals surface area contributed by atoms with Gasteiger partial charge in [0.05, 0.1) is 12.7 Å². The number of amides is 1. The fourth-order valence-corrected chi connectivity index (χ4v) is 5.74. The van der Waals surface area contributed by atoms with Crippen LogP contribution >= 0.6 is 0 Å². The van der Waals surface area contributed by atoms with Crippen molar-refractivity contribution < 1.29 is 14.3 Å². The molecule has 4 heteroatoms. The molecule has 2 fully saturated rings. The van der Waals surface area contributed by atoms with Crippen LogP contribution in [-0.4, -0.2) is 24.8 Å². The number of nitrogens with one attached hydrogen (secondary N) is 1. The Labute approximate surface area is 175 Å². The van der Waals surface area contributed by atoms with Crippen molar-refractivity contribution in [1.29, 1.82) is 0 Å². The van der Waals surface area contributed by atoms with Gasteiger partial charge in [-0.3, -0.25) is 0 Å². The molecule has 1 saturated carbocycles. The maximum atomic E-state index is 12.1.